The Balaban J connectivity index is 2.17. The number of aryl methyl sites for hydroxylation is 1. The molecule has 0 saturated carbocycles. The van der Waals surface area contributed by atoms with Gasteiger partial charge in [0.15, 0.2) is 0 Å². The molecule has 0 spiro atoms. The van der Waals surface area contributed by atoms with Gasteiger partial charge < -0.3 is 0 Å². The summed E-state index contributed by atoms with van der Waals surface area (Å²) in [5.74, 6) is -0.155. The molecule has 0 atom stereocenters. The van der Waals surface area contributed by atoms with E-state index in [0.29, 0.717) is 30.8 Å². The molecule has 0 fully saturated rings. The fourth-order valence-electron chi connectivity index (χ4n) is 3.79. The van der Waals surface area contributed by atoms with Crippen molar-refractivity contribution >= 4 is 40.4 Å². The first-order valence-corrected chi connectivity index (χ1v) is 15.3. The van der Waals surface area contributed by atoms with E-state index in [1.54, 1.807) is 6.07 Å². The van der Waals surface area contributed by atoms with Crippen LogP contribution in [0.2, 0.25) is 0 Å². The van der Waals surface area contributed by atoms with Gasteiger partial charge in [0.1, 0.15) is 0 Å². The number of nitrogens with zero attached hydrogens (tertiary/aromatic N) is 3. The molecule has 0 saturated heterocycles. The van der Waals surface area contributed by atoms with Gasteiger partial charge in [0.25, 0.3) is 0 Å². The summed E-state index contributed by atoms with van der Waals surface area (Å²) in [7, 11) is -6.29. The third-order valence-electron chi connectivity index (χ3n) is 5.59. The van der Waals surface area contributed by atoms with Crippen molar-refractivity contribution in [2.75, 3.05) is 23.4 Å². The van der Waals surface area contributed by atoms with Crippen LogP contribution in [0.3, 0.4) is 0 Å². The van der Waals surface area contributed by atoms with Crippen molar-refractivity contribution in [2.45, 2.75) is 54.0 Å². The number of fused-ring (bicyclic) bond motifs is 1. The predicted molar refractivity (Wildman–Crippen MR) is 145 cm³/mol. The molecule has 0 unspecified atom stereocenters. The monoisotopic (exact) mass is 541 g/mol. The summed E-state index contributed by atoms with van der Waals surface area (Å²) >= 11 is 0. The number of aromatic hydroxyl groups is 1. The minimum atomic E-state index is -4.03. The van der Waals surface area contributed by atoms with Gasteiger partial charge in [0.05, 0.1) is 0 Å². The van der Waals surface area contributed by atoms with E-state index in [1.807, 2.05) is 13.8 Å². The van der Waals surface area contributed by atoms with E-state index in [2.05, 4.69) is 40.7 Å². The number of anilines is 2. The van der Waals surface area contributed by atoms with Crippen molar-refractivity contribution in [1.82, 2.24) is 9.78 Å². The zero-order valence-corrected chi connectivity index (χ0v) is 23.5. The summed E-state index contributed by atoms with van der Waals surface area (Å²) in [6, 6.07) is 4.51. The first-order chi connectivity index (χ1) is 16.5. The molecule has 1 aromatic carbocycles. The Kier molecular flexibility index (Phi) is 7.86. The molecule has 0 amide bonds. The number of rotatable bonds is 8. The van der Waals surface area contributed by atoms with Crippen LogP contribution in [-0.4, -0.2) is 47.4 Å². The van der Waals surface area contributed by atoms with E-state index < -0.39 is 23.4 Å². The van der Waals surface area contributed by atoms with Crippen molar-refractivity contribution in [3.8, 4) is 5.75 Å². The molecule has 2 heterocycles. The summed E-state index contributed by atoms with van der Waals surface area (Å²) in [4.78, 5) is 24.9. The number of sulfonamides is 1. The summed E-state index contributed by atoms with van der Waals surface area (Å²) in [6.07, 6.45) is 2.14. The zero-order chi connectivity index (χ0) is 27.1. The van der Waals surface area contributed by atoms with E-state index in [4.69, 9.17) is 4.52 Å². The molecule has 0 bridgehead atoms. The quantitative estimate of drug-likeness (QED) is 0.372. The van der Waals surface area contributed by atoms with E-state index >= 15 is 0 Å². The Morgan fingerprint density at radius 1 is 1.28 bits per heavy atom. The SMILES string of the molecule is CO[PH]1(O)N=C(c2c(O)c(CC(C)C)nn(CCC(C)(C)C)c2=O)Nc2ccc(NS(C)(=O)=O)cc21. The second kappa shape index (κ2) is 10.1. The van der Waals surface area contributed by atoms with Crippen LogP contribution in [0.1, 0.15) is 52.3 Å². The molecule has 3 rings (SSSR count). The molecule has 11 nitrogen and oxygen atoms in total. The van der Waals surface area contributed by atoms with Crippen molar-refractivity contribution in [2.24, 2.45) is 16.1 Å². The first-order valence-electron chi connectivity index (χ1n) is 11.6. The average Bonchev–Trinajstić information content (AvgIpc) is 2.73. The Labute approximate surface area is 212 Å². The minimum absolute atomic E-state index is 0.0262. The number of aromatic nitrogens is 2. The van der Waals surface area contributed by atoms with Gasteiger partial charge in [-0.25, -0.2) is 0 Å². The van der Waals surface area contributed by atoms with Gasteiger partial charge in [0, 0.05) is 0 Å². The molecular formula is C23H36N5O6PS. The van der Waals surface area contributed by atoms with E-state index in [-0.39, 0.29) is 39.5 Å². The van der Waals surface area contributed by atoms with Crippen LogP contribution in [0.4, 0.5) is 11.4 Å². The van der Waals surface area contributed by atoms with E-state index in [1.165, 1.54) is 23.9 Å². The normalized spacial score (nSPS) is 16.2. The summed E-state index contributed by atoms with van der Waals surface area (Å²) in [5.41, 5.74) is 0.299. The summed E-state index contributed by atoms with van der Waals surface area (Å²) < 4.78 is 36.8. The van der Waals surface area contributed by atoms with E-state index in [0.717, 1.165) is 6.26 Å². The molecule has 1 aromatic heterocycles. The van der Waals surface area contributed by atoms with Crippen LogP contribution < -0.4 is 20.9 Å². The topological polar surface area (TPSA) is 155 Å². The molecule has 36 heavy (non-hydrogen) atoms. The van der Waals surface area contributed by atoms with Crippen molar-refractivity contribution in [1.29, 1.82) is 0 Å². The maximum absolute atomic E-state index is 13.5. The van der Waals surface area contributed by atoms with Crippen LogP contribution in [0, 0.1) is 11.3 Å². The Morgan fingerprint density at radius 2 is 1.94 bits per heavy atom. The molecule has 4 N–H and O–H groups in total. The third kappa shape index (κ3) is 6.42. The molecule has 1 aliphatic rings. The fourth-order valence-corrected chi connectivity index (χ4v) is 6.08. The van der Waals surface area contributed by atoms with E-state index in [9.17, 15) is 23.2 Å². The van der Waals surface area contributed by atoms with Gasteiger partial charge in [-0.05, 0) is 0 Å². The van der Waals surface area contributed by atoms with Crippen LogP contribution in [0.5, 0.6) is 5.75 Å². The van der Waals surface area contributed by atoms with Crippen LogP contribution in [-0.2, 0) is 27.5 Å². The van der Waals surface area contributed by atoms with Gasteiger partial charge >= 0.3 is 212 Å². The van der Waals surface area contributed by atoms with Crippen molar-refractivity contribution in [3.05, 3.63) is 39.8 Å². The molecule has 200 valence electrons. The van der Waals surface area contributed by atoms with Gasteiger partial charge in [-0.3, -0.25) is 0 Å². The fraction of sp³-hybridized carbons (Fsp3) is 0.522. The molecule has 0 aliphatic carbocycles. The van der Waals surface area contributed by atoms with Crippen molar-refractivity contribution in [3.63, 3.8) is 0 Å². The van der Waals surface area contributed by atoms with Gasteiger partial charge in [0.2, 0.25) is 0 Å². The number of hydrogen-bond acceptors (Lipinski definition) is 9. The second-order valence-electron chi connectivity index (χ2n) is 10.6. The molecule has 1 aliphatic heterocycles. The summed E-state index contributed by atoms with van der Waals surface area (Å²) in [5, 5.41) is 18.8. The zero-order valence-electron chi connectivity index (χ0n) is 21.7. The Bertz CT molecular complexity index is 1350. The van der Waals surface area contributed by atoms with Crippen LogP contribution >= 0.6 is 7.87 Å². The molecular weight excluding hydrogens is 505 g/mol. The Morgan fingerprint density at radius 3 is 2.50 bits per heavy atom. The third-order valence-corrected chi connectivity index (χ3v) is 8.40. The van der Waals surface area contributed by atoms with Crippen LogP contribution in [0.15, 0.2) is 27.8 Å². The van der Waals surface area contributed by atoms with Crippen molar-refractivity contribution < 1.29 is 22.9 Å². The standard InChI is InChI=1S/C23H36N5O6PS/c1-14(2)12-17-20(29)19(22(30)28(25-17)11-10-23(3,4)5)21-24-16-9-8-15(27-36(7,32)33)13-18(16)35(31,26-21)34-6/h8-9,13-14,27,29,31,35H,10-12H2,1-7H3,(H,24,26). The van der Waals surface area contributed by atoms with Gasteiger partial charge in [-0.1, -0.05) is 0 Å². The Hall–Kier alpha value is -2.53. The molecule has 2 aromatic rings. The van der Waals surface area contributed by atoms with Gasteiger partial charge in [-0.15, -0.1) is 0 Å². The van der Waals surface area contributed by atoms with Crippen LogP contribution in [0.25, 0.3) is 0 Å². The maximum atomic E-state index is 13.5. The molecule has 0 radical (unpaired) electrons. The number of hydrogen-bond donors (Lipinski definition) is 4. The first kappa shape index (κ1) is 28.0. The number of amidine groups is 1. The summed E-state index contributed by atoms with van der Waals surface area (Å²) in [6.45, 7) is 10.5. The number of benzene rings is 1. The second-order valence-corrected chi connectivity index (χ2v) is 14.8. The average molecular weight is 542 g/mol. The number of nitrogens with one attached hydrogen (secondary N) is 2. The predicted octanol–water partition coefficient (Wildman–Crippen LogP) is 2.59. The molecule has 13 heteroatoms. The van der Waals surface area contributed by atoms with Gasteiger partial charge in [-0.2, -0.15) is 0 Å².